The van der Waals surface area contributed by atoms with E-state index in [4.69, 9.17) is 4.52 Å². The lowest BCUT2D eigenvalue weighted by Crippen LogP contribution is -2.09. The van der Waals surface area contributed by atoms with Crippen LogP contribution in [0.2, 0.25) is 0 Å². The Morgan fingerprint density at radius 3 is 3.00 bits per heavy atom. The van der Waals surface area contributed by atoms with Gasteiger partial charge in [-0.15, -0.1) is 0 Å². The van der Waals surface area contributed by atoms with Crippen molar-refractivity contribution in [1.82, 2.24) is 10.1 Å². The van der Waals surface area contributed by atoms with E-state index in [1.54, 1.807) is 23.9 Å². The van der Waals surface area contributed by atoms with Gasteiger partial charge in [0.05, 0.1) is 10.2 Å². The lowest BCUT2D eigenvalue weighted by Gasteiger charge is -1.98. The van der Waals surface area contributed by atoms with Crippen molar-refractivity contribution in [2.45, 2.75) is 5.92 Å². The Bertz CT molecular complexity index is 646. The molecule has 3 rings (SSSR count). The van der Waals surface area contributed by atoms with Crippen molar-refractivity contribution in [2.24, 2.45) is 0 Å². The molecule has 1 saturated heterocycles. The Hall–Kier alpha value is -1.21. The van der Waals surface area contributed by atoms with E-state index in [-0.39, 0.29) is 17.5 Å². The maximum absolute atomic E-state index is 13.2. The fourth-order valence-electron chi connectivity index (χ4n) is 1.81. The van der Waals surface area contributed by atoms with Gasteiger partial charge in [0, 0.05) is 11.3 Å². The zero-order chi connectivity index (χ0) is 13.4. The Morgan fingerprint density at radius 1 is 1.47 bits per heavy atom. The summed E-state index contributed by atoms with van der Waals surface area (Å²) in [5.74, 6) is 1.31. The molecular formula is C12H8BrFN2O2S. The van der Waals surface area contributed by atoms with Crippen LogP contribution < -0.4 is 0 Å². The lowest BCUT2D eigenvalue weighted by atomic mass is 10.1. The standard InChI is InChI=1S/C12H8BrFN2O2S/c13-8-3-6(1-2-9(8)14)11-15-12(18-16-11)7-4-19-5-10(7)17/h1-3,7H,4-5H2. The molecule has 1 fully saturated rings. The van der Waals surface area contributed by atoms with Crippen LogP contribution in [0.4, 0.5) is 4.39 Å². The number of aromatic nitrogens is 2. The Kier molecular flexibility index (Phi) is 3.40. The van der Waals surface area contributed by atoms with E-state index in [9.17, 15) is 9.18 Å². The van der Waals surface area contributed by atoms with Gasteiger partial charge < -0.3 is 4.52 Å². The third kappa shape index (κ3) is 2.44. The quantitative estimate of drug-likeness (QED) is 0.839. The van der Waals surface area contributed by atoms with Gasteiger partial charge >= 0.3 is 0 Å². The van der Waals surface area contributed by atoms with Crippen LogP contribution in [0.3, 0.4) is 0 Å². The third-order valence-electron chi connectivity index (χ3n) is 2.84. The van der Waals surface area contributed by atoms with Crippen molar-refractivity contribution in [3.05, 3.63) is 34.4 Å². The summed E-state index contributed by atoms with van der Waals surface area (Å²) in [5.41, 5.74) is 0.640. The predicted octanol–water partition coefficient (Wildman–Crippen LogP) is 3.04. The molecule has 2 aromatic rings. The molecule has 1 aromatic carbocycles. The number of rotatable bonds is 2. The van der Waals surface area contributed by atoms with Gasteiger partial charge in [-0.2, -0.15) is 16.7 Å². The Morgan fingerprint density at radius 2 is 2.32 bits per heavy atom. The molecule has 7 heteroatoms. The normalized spacial score (nSPS) is 19.1. The first-order valence-corrected chi connectivity index (χ1v) is 7.49. The smallest absolute Gasteiger partial charge is 0.238 e. The zero-order valence-electron chi connectivity index (χ0n) is 9.60. The van der Waals surface area contributed by atoms with E-state index in [1.807, 2.05) is 0 Å². The van der Waals surface area contributed by atoms with Gasteiger partial charge in [-0.3, -0.25) is 4.79 Å². The molecule has 4 nitrogen and oxygen atoms in total. The number of halogens is 2. The van der Waals surface area contributed by atoms with Crippen LogP contribution in [-0.4, -0.2) is 27.4 Å². The van der Waals surface area contributed by atoms with Crippen LogP contribution in [0, 0.1) is 5.82 Å². The average molecular weight is 343 g/mol. The van der Waals surface area contributed by atoms with Gasteiger partial charge in [0.2, 0.25) is 11.7 Å². The number of Topliss-reactive ketones (excluding diaryl/α,β-unsaturated/α-hetero) is 1. The van der Waals surface area contributed by atoms with E-state index in [0.717, 1.165) is 0 Å². The van der Waals surface area contributed by atoms with E-state index in [2.05, 4.69) is 26.1 Å². The van der Waals surface area contributed by atoms with Gasteiger partial charge in [0.15, 0.2) is 5.78 Å². The van der Waals surface area contributed by atoms with Crippen molar-refractivity contribution >= 4 is 33.5 Å². The van der Waals surface area contributed by atoms with Crippen molar-refractivity contribution in [1.29, 1.82) is 0 Å². The fraction of sp³-hybridized carbons (Fsp3) is 0.250. The Balaban J connectivity index is 1.92. The number of hydrogen-bond donors (Lipinski definition) is 0. The summed E-state index contributed by atoms with van der Waals surface area (Å²) in [6.07, 6.45) is 0. The minimum absolute atomic E-state index is 0.112. The highest BCUT2D eigenvalue weighted by molar-refractivity contribution is 9.10. The van der Waals surface area contributed by atoms with Gasteiger partial charge in [0.1, 0.15) is 11.7 Å². The van der Waals surface area contributed by atoms with Gasteiger partial charge in [-0.1, -0.05) is 5.16 Å². The second kappa shape index (κ2) is 5.05. The number of hydrogen-bond acceptors (Lipinski definition) is 5. The summed E-state index contributed by atoms with van der Waals surface area (Å²) < 4.78 is 18.6. The van der Waals surface area contributed by atoms with E-state index < -0.39 is 0 Å². The summed E-state index contributed by atoms with van der Waals surface area (Å²) >= 11 is 4.67. The molecule has 1 aliphatic rings. The topological polar surface area (TPSA) is 56.0 Å². The minimum Gasteiger partial charge on any atom is -0.338 e. The summed E-state index contributed by atoms with van der Waals surface area (Å²) in [4.78, 5) is 15.8. The number of benzene rings is 1. The molecule has 0 saturated carbocycles. The monoisotopic (exact) mass is 342 g/mol. The van der Waals surface area contributed by atoms with Crippen molar-refractivity contribution < 1.29 is 13.7 Å². The lowest BCUT2D eigenvalue weighted by molar-refractivity contribution is -0.117. The molecule has 19 heavy (non-hydrogen) atoms. The molecule has 1 unspecified atom stereocenters. The zero-order valence-corrected chi connectivity index (χ0v) is 12.0. The molecule has 1 aliphatic heterocycles. The number of thioether (sulfide) groups is 1. The first kappa shape index (κ1) is 12.8. The van der Waals surface area contributed by atoms with Crippen molar-refractivity contribution in [3.8, 4) is 11.4 Å². The highest BCUT2D eigenvalue weighted by Gasteiger charge is 2.31. The molecule has 2 heterocycles. The first-order valence-electron chi connectivity index (χ1n) is 5.54. The van der Waals surface area contributed by atoms with E-state index in [0.29, 0.717) is 33.3 Å². The highest BCUT2D eigenvalue weighted by Crippen LogP contribution is 2.30. The second-order valence-corrected chi connectivity index (χ2v) is 6.00. The summed E-state index contributed by atoms with van der Waals surface area (Å²) in [7, 11) is 0. The maximum Gasteiger partial charge on any atom is 0.238 e. The van der Waals surface area contributed by atoms with Crippen LogP contribution >= 0.6 is 27.7 Å². The number of ketones is 1. The largest absolute Gasteiger partial charge is 0.338 e. The van der Waals surface area contributed by atoms with Gasteiger partial charge in [-0.05, 0) is 34.1 Å². The first-order chi connectivity index (χ1) is 9.15. The molecule has 1 atom stereocenters. The molecule has 1 aromatic heterocycles. The summed E-state index contributed by atoms with van der Waals surface area (Å²) in [6.45, 7) is 0. The van der Waals surface area contributed by atoms with E-state index in [1.165, 1.54) is 6.07 Å². The van der Waals surface area contributed by atoms with Crippen molar-refractivity contribution in [2.75, 3.05) is 11.5 Å². The second-order valence-electron chi connectivity index (χ2n) is 4.12. The summed E-state index contributed by atoms with van der Waals surface area (Å²) in [6, 6.07) is 4.47. The van der Waals surface area contributed by atoms with Gasteiger partial charge in [0.25, 0.3) is 0 Å². The number of nitrogens with zero attached hydrogens (tertiary/aromatic N) is 2. The predicted molar refractivity (Wildman–Crippen MR) is 72.5 cm³/mol. The van der Waals surface area contributed by atoms with Crippen LogP contribution in [0.25, 0.3) is 11.4 Å². The number of carbonyl (C=O) groups is 1. The third-order valence-corrected chi connectivity index (χ3v) is 4.50. The molecule has 0 amide bonds. The number of carbonyl (C=O) groups excluding carboxylic acids is 1. The van der Waals surface area contributed by atoms with Crippen LogP contribution in [-0.2, 0) is 4.79 Å². The molecule has 98 valence electrons. The van der Waals surface area contributed by atoms with Crippen LogP contribution in [0.1, 0.15) is 11.8 Å². The highest BCUT2D eigenvalue weighted by atomic mass is 79.9. The molecule has 0 N–H and O–H groups in total. The van der Waals surface area contributed by atoms with Crippen molar-refractivity contribution in [3.63, 3.8) is 0 Å². The van der Waals surface area contributed by atoms with E-state index >= 15 is 0 Å². The molecule has 0 spiro atoms. The molecule has 0 aliphatic carbocycles. The SMILES string of the molecule is O=C1CSCC1c1nc(-c2ccc(F)c(Br)c2)no1. The fourth-order valence-corrected chi connectivity index (χ4v) is 3.27. The maximum atomic E-state index is 13.2. The average Bonchev–Trinajstić information content (AvgIpc) is 3.01. The summed E-state index contributed by atoms with van der Waals surface area (Å²) in [5, 5.41) is 3.85. The minimum atomic E-state index is -0.352. The Labute approximate surface area is 120 Å². The molecule has 0 radical (unpaired) electrons. The van der Waals surface area contributed by atoms with Gasteiger partial charge in [-0.25, -0.2) is 4.39 Å². The molecule has 0 bridgehead atoms. The van der Waals surface area contributed by atoms with Crippen LogP contribution in [0.15, 0.2) is 27.2 Å². The van der Waals surface area contributed by atoms with Crippen LogP contribution in [0.5, 0.6) is 0 Å². The molecular weight excluding hydrogens is 335 g/mol.